The summed E-state index contributed by atoms with van der Waals surface area (Å²) in [6.45, 7) is 10.8. The van der Waals surface area contributed by atoms with Crippen molar-refractivity contribution in [1.29, 1.82) is 0 Å². The Hall–Kier alpha value is -3.83. The van der Waals surface area contributed by atoms with Gasteiger partial charge in [0, 0.05) is 11.9 Å². The number of hydrogen-bond donors (Lipinski definition) is 4. The topological polar surface area (TPSA) is 150 Å². The molecule has 42 heavy (non-hydrogen) atoms. The lowest BCUT2D eigenvalue weighted by Crippen LogP contribution is -2.61. The first-order chi connectivity index (χ1) is 19.7. The second-order valence-corrected chi connectivity index (χ2v) is 11.7. The molecule has 0 spiro atoms. The molecule has 0 unspecified atom stereocenters. The fourth-order valence-electron chi connectivity index (χ4n) is 4.55. The summed E-state index contributed by atoms with van der Waals surface area (Å²) in [5.74, 6) is -1.87. The molecule has 1 aliphatic rings. The number of amides is 3. The number of methoxy groups -OCH3 is 1. The van der Waals surface area contributed by atoms with Gasteiger partial charge in [-0.05, 0) is 64.2 Å². The van der Waals surface area contributed by atoms with E-state index in [9.17, 15) is 24.3 Å². The molecule has 1 aliphatic heterocycles. The Labute approximate surface area is 247 Å². The van der Waals surface area contributed by atoms with Crippen LogP contribution in [0, 0.1) is 11.3 Å². The summed E-state index contributed by atoms with van der Waals surface area (Å²) >= 11 is 0. The van der Waals surface area contributed by atoms with Crippen LogP contribution in [0.25, 0.3) is 17.0 Å². The summed E-state index contributed by atoms with van der Waals surface area (Å²) in [4.78, 5) is 55.0. The number of rotatable bonds is 10. The summed E-state index contributed by atoms with van der Waals surface area (Å²) < 4.78 is 4.86. The second-order valence-electron chi connectivity index (χ2n) is 11.7. The van der Waals surface area contributed by atoms with Gasteiger partial charge in [0.2, 0.25) is 11.8 Å². The van der Waals surface area contributed by atoms with Crippen molar-refractivity contribution < 1.29 is 29.0 Å². The largest absolute Gasteiger partial charge is 0.468 e. The fourth-order valence-corrected chi connectivity index (χ4v) is 4.55. The molecular formula is C31H43N5O6. The monoisotopic (exact) mass is 581 g/mol. The third kappa shape index (κ3) is 8.13. The first kappa shape index (κ1) is 32.7. The molecule has 2 aromatic rings. The van der Waals surface area contributed by atoms with Crippen molar-refractivity contribution in [1.82, 2.24) is 26.1 Å². The van der Waals surface area contributed by atoms with Crippen LogP contribution in [0.2, 0.25) is 0 Å². The highest BCUT2D eigenvalue weighted by Crippen LogP contribution is 2.23. The number of hydrazine groups is 1. The lowest BCUT2D eigenvalue weighted by Gasteiger charge is -2.35. The maximum Gasteiger partial charge on any atom is 0.315 e. The molecule has 1 aromatic heterocycles. The molecule has 228 valence electrons. The zero-order valence-corrected chi connectivity index (χ0v) is 25.4. The van der Waals surface area contributed by atoms with Crippen molar-refractivity contribution in [2.24, 2.45) is 11.3 Å². The zero-order chi connectivity index (χ0) is 31.2. The standard InChI is InChI=1S/C31H43N5O6/c1-18(2)26(37)28(39)33-20(4)29(40)36-16-8-9-24(35-36)27(38)32-19(3)23-13-12-22-11-10-21(17-25(22)34-23)14-15-31(5,6)30(41)42-7/h10-15,17-20,24,26,35,37H,8-9,16H2,1-7H3,(H,32,38)(H,33,39)/t19-,20+,24+,26+/m1/s1. The first-order valence-corrected chi connectivity index (χ1v) is 14.3. The van der Waals surface area contributed by atoms with E-state index in [0.29, 0.717) is 25.1 Å². The molecule has 3 rings (SSSR count). The van der Waals surface area contributed by atoms with Crippen molar-refractivity contribution in [3.63, 3.8) is 0 Å². The first-order valence-electron chi connectivity index (χ1n) is 14.3. The highest BCUT2D eigenvalue weighted by Gasteiger charge is 2.32. The van der Waals surface area contributed by atoms with Crippen LogP contribution in [0.5, 0.6) is 0 Å². The lowest BCUT2D eigenvalue weighted by atomic mass is 9.92. The normalized spacial score (nSPS) is 18.0. The van der Waals surface area contributed by atoms with Crippen molar-refractivity contribution in [2.45, 2.75) is 78.6 Å². The van der Waals surface area contributed by atoms with Gasteiger partial charge in [0.05, 0.1) is 29.8 Å². The Kier molecular flexibility index (Phi) is 10.8. The van der Waals surface area contributed by atoms with E-state index < -0.39 is 35.6 Å². The highest BCUT2D eigenvalue weighted by atomic mass is 16.5. The molecule has 3 amide bonds. The van der Waals surface area contributed by atoms with Gasteiger partial charge in [-0.25, -0.2) is 5.43 Å². The molecule has 2 heterocycles. The lowest BCUT2D eigenvalue weighted by molar-refractivity contribution is -0.148. The Morgan fingerprint density at radius 3 is 2.48 bits per heavy atom. The number of nitrogens with zero attached hydrogens (tertiary/aromatic N) is 2. The Morgan fingerprint density at radius 2 is 1.81 bits per heavy atom. The Bertz CT molecular complexity index is 1340. The van der Waals surface area contributed by atoms with E-state index in [-0.39, 0.29) is 23.7 Å². The zero-order valence-electron chi connectivity index (χ0n) is 25.4. The van der Waals surface area contributed by atoms with E-state index in [4.69, 9.17) is 9.72 Å². The molecule has 1 aromatic carbocycles. The maximum atomic E-state index is 13.1. The quantitative estimate of drug-likeness (QED) is 0.313. The van der Waals surface area contributed by atoms with Gasteiger partial charge in [0.15, 0.2) is 0 Å². The molecule has 4 N–H and O–H groups in total. The number of ether oxygens (including phenoxy) is 1. The van der Waals surface area contributed by atoms with Crippen LogP contribution in [-0.2, 0) is 23.9 Å². The number of esters is 1. The van der Waals surface area contributed by atoms with Gasteiger partial charge < -0.3 is 20.5 Å². The van der Waals surface area contributed by atoms with E-state index >= 15 is 0 Å². The molecule has 0 aliphatic carbocycles. The van der Waals surface area contributed by atoms with Crippen LogP contribution in [0.15, 0.2) is 36.4 Å². The number of aliphatic hydroxyl groups is 1. The Balaban J connectivity index is 1.64. The molecular weight excluding hydrogens is 538 g/mol. The number of aliphatic hydroxyl groups excluding tert-OH is 1. The number of aromatic nitrogens is 1. The van der Waals surface area contributed by atoms with E-state index in [1.807, 2.05) is 43.3 Å². The molecule has 0 radical (unpaired) electrons. The van der Waals surface area contributed by atoms with Gasteiger partial charge >= 0.3 is 5.97 Å². The number of benzene rings is 1. The van der Waals surface area contributed by atoms with Crippen LogP contribution >= 0.6 is 0 Å². The fraction of sp³-hybridized carbons (Fsp3) is 0.516. The minimum absolute atomic E-state index is 0.268. The van der Waals surface area contributed by atoms with E-state index in [1.165, 1.54) is 12.1 Å². The van der Waals surface area contributed by atoms with E-state index in [1.54, 1.807) is 40.7 Å². The maximum absolute atomic E-state index is 13.1. The third-order valence-electron chi connectivity index (χ3n) is 7.34. The van der Waals surface area contributed by atoms with Gasteiger partial charge in [-0.2, -0.15) is 0 Å². The van der Waals surface area contributed by atoms with Crippen molar-refractivity contribution in [3.8, 4) is 0 Å². The molecule has 0 saturated carbocycles. The smallest absolute Gasteiger partial charge is 0.315 e. The predicted molar refractivity (Wildman–Crippen MR) is 159 cm³/mol. The molecule has 4 atom stereocenters. The molecule has 11 nitrogen and oxygen atoms in total. The predicted octanol–water partition coefficient (Wildman–Crippen LogP) is 2.64. The average Bonchev–Trinajstić information content (AvgIpc) is 2.98. The number of pyridine rings is 1. The number of carbonyl (C=O) groups excluding carboxylic acids is 4. The van der Waals surface area contributed by atoms with Crippen LogP contribution in [0.3, 0.4) is 0 Å². The number of carbonyl (C=O) groups is 4. The number of nitrogens with one attached hydrogen (secondary N) is 3. The van der Waals surface area contributed by atoms with Gasteiger partial charge in [-0.1, -0.05) is 44.2 Å². The van der Waals surface area contributed by atoms with Crippen molar-refractivity contribution in [2.75, 3.05) is 13.7 Å². The summed E-state index contributed by atoms with van der Waals surface area (Å²) in [5.41, 5.74) is 4.52. The number of hydrogen-bond acceptors (Lipinski definition) is 8. The summed E-state index contributed by atoms with van der Waals surface area (Å²) in [6.07, 6.45) is 3.59. The molecule has 0 bridgehead atoms. The SMILES string of the molecule is COC(=O)C(C)(C)C=Cc1ccc2ccc([C@@H](C)NC(=O)[C@@H]3CCCN(C(=O)[C@H](C)NC(=O)[C@@H](O)C(C)C)N3)nc2c1. The summed E-state index contributed by atoms with van der Waals surface area (Å²) in [6, 6.07) is 7.72. The van der Waals surface area contributed by atoms with E-state index in [0.717, 1.165) is 16.5 Å². The molecule has 1 saturated heterocycles. The minimum atomic E-state index is -1.21. The van der Waals surface area contributed by atoms with Gasteiger partial charge in [0.25, 0.3) is 5.91 Å². The summed E-state index contributed by atoms with van der Waals surface area (Å²) in [5, 5.41) is 17.8. The highest BCUT2D eigenvalue weighted by molar-refractivity contribution is 5.89. The van der Waals surface area contributed by atoms with Gasteiger partial charge in [-0.15, -0.1) is 0 Å². The molecule has 1 fully saturated rings. The third-order valence-corrected chi connectivity index (χ3v) is 7.34. The minimum Gasteiger partial charge on any atom is -0.468 e. The number of fused-ring (bicyclic) bond motifs is 1. The second kappa shape index (κ2) is 13.9. The van der Waals surface area contributed by atoms with Gasteiger partial charge in [-0.3, -0.25) is 29.2 Å². The van der Waals surface area contributed by atoms with Crippen molar-refractivity contribution >= 4 is 40.7 Å². The van der Waals surface area contributed by atoms with Crippen molar-refractivity contribution in [3.05, 3.63) is 47.7 Å². The summed E-state index contributed by atoms with van der Waals surface area (Å²) in [7, 11) is 1.36. The average molecular weight is 582 g/mol. The molecule has 11 heteroatoms. The van der Waals surface area contributed by atoms with Gasteiger partial charge in [0.1, 0.15) is 18.2 Å². The van der Waals surface area contributed by atoms with Crippen LogP contribution in [-0.4, -0.2) is 70.6 Å². The van der Waals surface area contributed by atoms with Crippen LogP contribution in [0.1, 0.15) is 71.7 Å². The van der Waals surface area contributed by atoms with Crippen LogP contribution < -0.4 is 16.1 Å². The Morgan fingerprint density at radius 1 is 1.12 bits per heavy atom. The van der Waals surface area contributed by atoms with E-state index in [2.05, 4.69) is 16.1 Å². The van der Waals surface area contributed by atoms with Crippen LogP contribution in [0.4, 0.5) is 0 Å².